The van der Waals surface area contributed by atoms with Gasteiger partial charge in [0.15, 0.2) is 0 Å². The molecule has 0 bridgehead atoms. The van der Waals surface area contributed by atoms with Crippen molar-refractivity contribution in [1.82, 2.24) is 4.98 Å². The van der Waals surface area contributed by atoms with Crippen molar-refractivity contribution in [1.29, 1.82) is 0 Å². The van der Waals surface area contributed by atoms with Gasteiger partial charge in [-0.1, -0.05) is 0 Å². The molecule has 2 rings (SSSR count). The average molecular weight is 232 g/mol. The number of alkyl halides is 3. The summed E-state index contributed by atoms with van der Waals surface area (Å²) in [6, 6.07) is 0. The van der Waals surface area contributed by atoms with Crippen LogP contribution < -0.4 is 10.5 Å². The lowest BCUT2D eigenvalue weighted by atomic mass is 10.1. The molecule has 0 unspecified atom stereocenters. The number of ether oxygens (including phenoxy) is 1. The summed E-state index contributed by atoms with van der Waals surface area (Å²) in [5, 5.41) is 0. The van der Waals surface area contributed by atoms with Crippen molar-refractivity contribution in [3.8, 4) is 5.75 Å². The number of aromatic nitrogens is 1. The van der Waals surface area contributed by atoms with E-state index in [1.165, 1.54) is 6.20 Å². The van der Waals surface area contributed by atoms with E-state index in [1.807, 2.05) is 0 Å². The van der Waals surface area contributed by atoms with Gasteiger partial charge in [-0.15, -0.1) is 0 Å². The van der Waals surface area contributed by atoms with Gasteiger partial charge in [0, 0.05) is 24.5 Å². The molecule has 1 aliphatic carbocycles. The maximum absolute atomic E-state index is 12.7. The van der Waals surface area contributed by atoms with E-state index in [4.69, 9.17) is 10.5 Å². The molecule has 0 atom stereocenters. The number of hydrogen-bond acceptors (Lipinski definition) is 3. The standard InChI is InChI=1S/C10H11F3N2O/c11-10(12,13)8-5-15-4-6(3-14)9(8)16-7-1-2-7/h4-5,7H,1-3,14H2. The van der Waals surface area contributed by atoms with E-state index < -0.39 is 11.7 Å². The molecule has 1 heterocycles. The van der Waals surface area contributed by atoms with Gasteiger partial charge >= 0.3 is 6.18 Å². The largest absolute Gasteiger partial charge is 0.489 e. The van der Waals surface area contributed by atoms with Gasteiger partial charge in [0.25, 0.3) is 0 Å². The third-order valence-corrected chi connectivity index (χ3v) is 2.30. The predicted octanol–water partition coefficient (Wildman–Crippen LogP) is 2.10. The van der Waals surface area contributed by atoms with Gasteiger partial charge < -0.3 is 10.5 Å². The maximum Gasteiger partial charge on any atom is 0.421 e. The molecule has 0 aromatic carbocycles. The minimum Gasteiger partial charge on any atom is -0.489 e. The lowest BCUT2D eigenvalue weighted by molar-refractivity contribution is -0.139. The fourth-order valence-electron chi connectivity index (χ4n) is 1.33. The van der Waals surface area contributed by atoms with E-state index in [-0.39, 0.29) is 18.4 Å². The number of nitrogens with zero attached hydrogens (tertiary/aromatic N) is 1. The second-order valence-corrected chi connectivity index (χ2v) is 3.69. The monoisotopic (exact) mass is 232 g/mol. The molecule has 1 fully saturated rings. The SMILES string of the molecule is NCc1cncc(C(F)(F)F)c1OC1CC1. The Bertz CT molecular complexity index is 388. The molecular weight excluding hydrogens is 221 g/mol. The number of halogens is 3. The van der Waals surface area contributed by atoms with Gasteiger partial charge in [0.05, 0.1) is 6.10 Å². The third-order valence-electron chi connectivity index (χ3n) is 2.30. The van der Waals surface area contributed by atoms with E-state index in [9.17, 15) is 13.2 Å². The van der Waals surface area contributed by atoms with Crippen LogP contribution in [0.25, 0.3) is 0 Å². The highest BCUT2D eigenvalue weighted by Gasteiger charge is 2.37. The predicted molar refractivity (Wildman–Crippen MR) is 50.8 cm³/mol. The Kier molecular flexibility index (Phi) is 2.75. The van der Waals surface area contributed by atoms with Crippen molar-refractivity contribution < 1.29 is 17.9 Å². The van der Waals surface area contributed by atoms with Crippen LogP contribution in [0.3, 0.4) is 0 Å². The van der Waals surface area contributed by atoms with Gasteiger partial charge in [-0.05, 0) is 12.8 Å². The van der Waals surface area contributed by atoms with Gasteiger partial charge in [0.1, 0.15) is 11.3 Å². The molecule has 16 heavy (non-hydrogen) atoms. The average Bonchev–Trinajstić information content (AvgIpc) is 3.00. The van der Waals surface area contributed by atoms with E-state index in [0.717, 1.165) is 19.0 Å². The van der Waals surface area contributed by atoms with Gasteiger partial charge in [-0.25, -0.2) is 0 Å². The Hall–Kier alpha value is -1.30. The Balaban J connectivity index is 2.41. The molecule has 1 aromatic heterocycles. The summed E-state index contributed by atoms with van der Waals surface area (Å²) in [6.45, 7) is -0.0149. The fraction of sp³-hybridized carbons (Fsp3) is 0.500. The summed E-state index contributed by atoms with van der Waals surface area (Å²) in [5.74, 6) is -0.160. The molecule has 0 amide bonds. The number of rotatable bonds is 3. The minimum atomic E-state index is -4.46. The molecule has 0 radical (unpaired) electrons. The highest BCUT2D eigenvalue weighted by molar-refractivity contribution is 5.40. The van der Waals surface area contributed by atoms with Crippen LogP contribution in [-0.4, -0.2) is 11.1 Å². The Morgan fingerprint density at radius 2 is 2.06 bits per heavy atom. The van der Waals surface area contributed by atoms with Crippen LogP contribution in [-0.2, 0) is 12.7 Å². The molecule has 1 saturated carbocycles. The first kappa shape index (κ1) is 11.2. The molecule has 3 nitrogen and oxygen atoms in total. The van der Waals surface area contributed by atoms with Crippen LogP contribution in [0.2, 0.25) is 0 Å². The Morgan fingerprint density at radius 3 is 2.56 bits per heavy atom. The van der Waals surface area contributed by atoms with E-state index in [1.54, 1.807) is 0 Å². The first-order valence-electron chi connectivity index (χ1n) is 4.93. The summed E-state index contributed by atoms with van der Waals surface area (Å²) in [5.41, 5.74) is 4.82. The molecule has 1 aliphatic rings. The first-order valence-corrected chi connectivity index (χ1v) is 4.93. The maximum atomic E-state index is 12.7. The zero-order valence-electron chi connectivity index (χ0n) is 8.42. The number of pyridine rings is 1. The summed E-state index contributed by atoms with van der Waals surface area (Å²) in [6.07, 6.45) is -0.881. The normalized spacial score (nSPS) is 16.2. The molecule has 88 valence electrons. The minimum absolute atomic E-state index is 0.0149. The second kappa shape index (κ2) is 3.93. The molecule has 2 N–H and O–H groups in total. The Labute approximate surface area is 90.4 Å². The van der Waals surface area contributed by atoms with Crippen molar-refractivity contribution in [2.45, 2.75) is 31.7 Å². The molecule has 0 saturated heterocycles. The van der Waals surface area contributed by atoms with Crippen LogP contribution in [0, 0.1) is 0 Å². The zero-order valence-corrected chi connectivity index (χ0v) is 8.42. The highest BCUT2D eigenvalue weighted by Crippen LogP contribution is 2.40. The summed E-state index contributed by atoms with van der Waals surface area (Å²) >= 11 is 0. The van der Waals surface area contributed by atoms with Gasteiger partial charge in [0.2, 0.25) is 0 Å². The quantitative estimate of drug-likeness (QED) is 0.868. The molecule has 1 aromatic rings. The van der Waals surface area contributed by atoms with Crippen LogP contribution >= 0.6 is 0 Å². The Morgan fingerprint density at radius 1 is 1.38 bits per heavy atom. The van der Waals surface area contributed by atoms with Crippen LogP contribution in [0.15, 0.2) is 12.4 Å². The lowest BCUT2D eigenvalue weighted by Gasteiger charge is -2.15. The van der Waals surface area contributed by atoms with Crippen molar-refractivity contribution >= 4 is 0 Å². The van der Waals surface area contributed by atoms with E-state index in [0.29, 0.717) is 5.56 Å². The number of hydrogen-bond donors (Lipinski definition) is 1. The van der Waals surface area contributed by atoms with E-state index in [2.05, 4.69) is 4.98 Å². The molecule has 0 spiro atoms. The molecule has 6 heteroatoms. The summed E-state index contributed by atoms with van der Waals surface area (Å²) < 4.78 is 43.3. The van der Waals surface area contributed by atoms with Crippen molar-refractivity contribution in [2.75, 3.05) is 0 Å². The van der Waals surface area contributed by atoms with Crippen molar-refractivity contribution in [3.63, 3.8) is 0 Å². The summed E-state index contributed by atoms with van der Waals surface area (Å²) in [4.78, 5) is 3.53. The zero-order chi connectivity index (χ0) is 11.8. The second-order valence-electron chi connectivity index (χ2n) is 3.69. The molecule has 0 aliphatic heterocycles. The fourth-order valence-corrected chi connectivity index (χ4v) is 1.33. The van der Waals surface area contributed by atoms with Gasteiger partial charge in [-0.3, -0.25) is 4.98 Å². The van der Waals surface area contributed by atoms with Crippen LogP contribution in [0.4, 0.5) is 13.2 Å². The molecular formula is C10H11F3N2O. The first-order chi connectivity index (χ1) is 7.52. The van der Waals surface area contributed by atoms with Crippen LogP contribution in [0.5, 0.6) is 5.75 Å². The smallest absolute Gasteiger partial charge is 0.421 e. The topological polar surface area (TPSA) is 48.1 Å². The highest BCUT2D eigenvalue weighted by atomic mass is 19.4. The van der Waals surface area contributed by atoms with E-state index >= 15 is 0 Å². The van der Waals surface area contributed by atoms with Crippen molar-refractivity contribution in [3.05, 3.63) is 23.5 Å². The third kappa shape index (κ3) is 2.27. The number of nitrogens with two attached hydrogens (primary N) is 1. The van der Waals surface area contributed by atoms with Gasteiger partial charge in [-0.2, -0.15) is 13.2 Å². The summed E-state index contributed by atoms with van der Waals surface area (Å²) in [7, 11) is 0. The van der Waals surface area contributed by atoms with Crippen LogP contribution in [0.1, 0.15) is 24.0 Å². The lowest BCUT2D eigenvalue weighted by Crippen LogP contribution is -2.13. The van der Waals surface area contributed by atoms with Crippen molar-refractivity contribution in [2.24, 2.45) is 5.73 Å².